The van der Waals surface area contributed by atoms with Gasteiger partial charge in [-0.1, -0.05) is 0 Å². The van der Waals surface area contributed by atoms with Crippen LogP contribution in [0, 0.1) is 0 Å². The van der Waals surface area contributed by atoms with E-state index in [0.29, 0.717) is 18.1 Å². The molecule has 23 heavy (non-hydrogen) atoms. The van der Waals surface area contributed by atoms with Crippen LogP contribution in [0.4, 0.5) is 5.69 Å². The van der Waals surface area contributed by atoms with Gasteiger partial charge in [-0.3, -0.25) is 4.79 Å². The number of ether oxygens (including phenoxy) is 1. The first-order valence-corrected chi connectivity index (χ1v) is 8.74. The number of aromatic nitrogens is 2. The van der Waals surface area contributed by atoms with Crippen LogP contribution in [0.5, 0.6) is 0 Å². The number of carbonyl (C=O) groups is 1. The van der Waals surface area contributed by atoms with E-state index in [-0.39, 0.29) is 11.8 Å². The van der Waals surface area contributed by atoms with Gasteiger partial charge in [-0.25, -0.2) is 9.97 Å². The van der Waals surface area contributed by atoms with E-state index in [0.717, 1.165) is 42.5 Å². The fourth-order valence-electron chi connectivity index (χ4n) is 2.92. The number of oxazole rings is 1. The average molecular weight is 331 g/mol. The van der Waals surface area contributed by atoms with Crippen LogP contribution in [0.15, 0.2) is 34.0 Å². The Morgan fingerprint density at radius 1 is 1.35 bits per heavy atom. The standard InChI is InChI=1S/C16H17N3O3S/c20-16(19-6-9-23-15-13(19)2-1-5-17-15)12-10-22-14(18-12)11-3-7-21-8-4-11/h1-2,5,10-11H,3-4,6-9H2. The first-order chi connectivity index (χ1) is 11.3. The molecule has 7 heteroatoms. The highest BCUT2D eigenvalue weighted by molar-refractivity contribution is 7.99. The van der Waals surface area contributed by atoms with Gasteiger partial charge in [-0.15, -0.1) is 11.8 Å². The molecule has 1 amide bonds. The van der Waals surface area contributed by atoms with E-state index in [1.807, 2.05) is 12.1 Å². The molecule has 0 aliphatic carbocycles. The first-order valence-electron chi connectivity index (χ1n) is 7.76. The molecule has 0 spiro atoms. The maximum absolute atomic E-state index is 12.8. The number of pyridine rings is 1. The number of thioether (sulfide) groups is 1. The molecular weight excluding hydrogens is 314 g/mol. The molecule has 0 saturated carbocycles. The maximum atomic E-state index is 12.8. The zero-order chi connectivity index (χ0) is 15.6. The summed E-state index contributed by atoms with van der Waals surface area (Å²) >= 11 is 1.67. The molecule has 1 saturated heterocycles. The second-order valence-corrected chi connectivity index (χ2v) is 6.67. The Labute approximate surface area is 138 Å². The van der Waals surface area contributed by atoms with Gasteiger partial charge in [0, 0.05) is 37.6 Å². The van der Waals surface area contributed by atoms with Crippen molar-refractivity contribution >= 4 is 23.4 Å². The Kier molecular flexibility index (Phi) is 4.05. The quantitative estimate of drug-likeness (QED) is 0.843. The van der Waals surface area contributed by atoms with Gasteiger partial charge in [-0.2, -0.15) is 0 Å². The van der Waals surface area contributed by atoms with Gasteiger partial charge in [0.15, 0.2) is 11.6 Å². The second kappa shape index (κ2) is 6.33. The minimum absolute atomic E-state index is 0.124. The van der Waals surface area contributed by atoms with Crippen LogP contribution >= 0.6 is 11.8 Å². The van der Waals surface area contributed by atoms with Crippen molar-refractivity contribution in [3.8, 4) is 0 Å². The lowest BCUT2D eigenvalue weighted by atomic mass is 10.0. The Bertz CT molecular complexity index is 712. The predicted octanol–water partition coefficient (Wildman–Crippen LogP) is 2.72. The molecule has 6 nitrogen and oxygen atoms in total. The molecule has 0 bridgehead atoms. The number of fused-ring (bicyclic) bond motifs is 1. The van der Waals surface area contributed by atoms with E-state index in [2.05, 4.69) is 9.97 Å². The zero-order valence-electron chi connectivity index (χ0n) is 12.6. The molecule has 120 valence electrons. The van der Waals surface area contributed by atoms with Crippen molar-refractivity contribution in [1.29, 1.82) is 0 Å². The van der Waals surface area contributed by atoms with E-state index in [9.17, 15) is 4.79 Å². The summed E-state index contributed by atoms with van der Waals surface area (Å²) in [6, 6.07) is 3.77. The average Bonchev–Trinajstić information content (AvgIpc) is 3.11. The summed E-state index contributed by atoms with van der Waals surface area (Å²) in [6.45, 7) is 2.10. The van der Waals surface area contributed by atoms with Crippen molar-refractivity contribution in [2.45, 2.75) is 23.8 Å². The van der Waals surface area contributed by atoms with E-state index >= 15 is 0 Å². The SMILES string of the molecule is O=C(c1coc(C2CCOCC2)n1)N1CCSc2ncccc21. The number of carbonyl (C=O) groups excluding carboxylic acids is 1. The first kappa shape index (κ1) is 14.7. The Morgan fingerprint density at radius 2 is 2.22 bits per heavy atom. The van der Waals surface area contributed by atoms with Crippen LogP contribution in [0.25, 0.3) is 0 Å². The van der Waals surface area contributed by atoms with Crippen LogP contribution in [-0.4, -0.2) is 41.4 Å². The molecule has 4 heterocycles. The lowest BCUT2D eigenvalue weighted by molar-refractivity contribution is 0.0794. The molecule has 2 aromatic rings. The topological polar surface area (TPSA) is 68.5 Å². The molecule has 2 aliphatic heterocycles. The Morgan fingerprint density at radius 3 is 3.09 bits per heavy atom. The number of nitrogens with zero attached hydrogens (tertiary/aromatic N) is 3. The molecule has 0 radical (unpaired) electrons. The summed E-state index contributed by atoms with van der Waals surface area (Å²) in [5.74, 6) is 1.60. The highest BCUT2D eigenvalue weighted by Gasteiger charge is 2.28. The number of hydrogen-bond donors (Lipinski definition) is 0. The zero-order valence-corrected chi connectivity index (χ0v) is 13.4. The molecule has 2 aromatic heterocycles. The number of amides is 1. The fraction of sp³-hybridized carbons (Fsp3) is 0.438. The van der Waals surface area contributed by atoms with Crippen LogP contribution in [0.3, 0.4) is 0 Å². The summed E-state index contributed by atoms with van der Waals surface area (Å²) in [4.78, 5) is 23.3. The number of rotatable bonds is 2. The summed E-state index contributed by atoms with van der Waals surface area (Å²) in [5.41, 5.74) is 1.22. The molecule has 0 atom stereocenters. The van der Waals surface area contributed by atoms with Gasteiger partial charge in [0.05, 0.1) is 5.69 Å². The van der Waals surface area contributed by atoms with Crippen molar-refractivity contribution in [2.24, 2.45) is 0 Å². The van der Waals surface area contributed by atoms with Gasteiger partial charge in [0.25, 0.3) is 5.91 Å². The van der Waals surface area contributed by atoms with Gasteiger partial charge < -0.3 is 14.1 Å². The van der Waals surface area contributed by atoms with E-state index in [4.69, 9.17) is 9.15 Å². The van der Waals surface area contributed by atoms with Crippen molar-refractivity contribution in [2.75, 3.05) is 30.4 Å². The third kappa shape index (κ3) is 2.86. The van der Waals surface area contributed by atoms with Crippen LogP contribution < -0.4 is 4.90 Å². The molecular formula is C16H17N3O3S. The van der Waals surface area contributed by atoms with Crippen molar-refractivity contribution in [1.82, 2.24) is 9.97 Å². The van der Waals surface area contributed by atoms with E-state index in [1.54, 1.807) is 22.9 Å². The maximum Gasteiger partial charge on any atom is 0.280 e. The highest BCUT2D eigenvalue weighted by atomic mass is 32.2. The molecule has 0 unspecified atom stereocenters. The normalized spacial score (nSPS) is 18.7. The van der Waals surface area contributed by atoms with Crippen molar-refractivity contribution < 1.29 is 13.9 Å². The molecule has 1 fully saturated rings. The van der Waals surface area contributed by atoms with Crippen molar-refractivity contribution in [3.05, 3.63) is 36.2 Å². The third-order valence-corrected chi connectivity index (χ3v) is 5.13. The van der Waals surface area contributed by atoms with Gasteiger partial charge >= 0.3 is 0 Å². The molecule has 0 N–H and O–H groups in total. The van der Waals surface area contributed by atoms with E-state index < -0.39 is 0 Å². The molecule has 0 aromatic carbocycles. The summed E-state index contributed by atoms with van der Waals surface area (Å²) in [5, 5.41) is 0.889. The minimum Gasteiger partial charge on any atom is -0.448 e. The van der Waals surface area contributed by atoms with Crippen LogP contribution in [0.2, 0.25) is 0 Å². The Hall–Kier alpha value is -1.86. The van der Waals surface area contributed by atoms with Gasteiger partial charge in [0.2, 0.25) is 0 Å². The predicted molar refractivity (Wildman–Crippen MR) is 85.9 cm³/mol. The number of hydrogen-bond acceptors (Lipinski definition) is 6. The van der Waals surface area contributed by atoms with Crippen LogP contribution in [-0.2, 0) is 4.74 Å². The Balaban J connectivity index is 1.57. The third-order valence-electron chi connectivity index (χ3n) is 4.15. The minimum atomic E-state index is -0.124. The van der Waals surface area contributed by atoms with Crippen molar-refractivity contribution in [3.63, 3.8) is 0 Å². The van der Waals surface area contributed by atoms with E-state index in [1.165, 1.54) is 6.26 Å². The second-order valence-electron chi connectivity index (χ2n) is 5.59. The lowest BCUT2D eigenvalue weighted by Gasteiger charge is -2.27. The van der Waals surface area contributed by atoms with Gasteiger partial charge in [0.1, 0.15) is 11.3 Å². The summed E-state index contributed by atoms with van der Waals surface area (Å²) < 4.78 is 10.9. The van der Waals surface area contributed by atoms with Gasteiger partial charge in [-0.05, 0) is 25.0 Å². The summed E-state index contributed by atoms with van der Waals surface area (Å²) in [6.07, 6.45) is 5.01. The molecule has 4 rings (SSSR count). The molecule has 2 aliphatic rings. The summed E-state index contributed by atoms with van der Waals surface area (Å²) in [7, 11) is 0. The number of anilines is 1. The fourth-order valence-corrected chi connectivity index (χ4v) is 3.85. The monoisotopic (exact) mass is 331 g/mol. The highest BCUT2D eigenvalue weighted by Crippen LogP contribution is 2.33. The lowest BCUT2D eigenvalue weighted by Crippen LogP contribution is -2.35. The van der Waals surface area contributed by atoms with Crippen LogP contribution in [0.1, 0.15) is 35.1 Å². The largest absolute Gasteiger partial charge is 0.448 e. The smallest absolute Gasteiger partial charge is 0.280 e.